The summed E-state index contributed by atoms with van der Waals surface area (Å²) in [7, 11) is 0. The summed E-state index contributed by atoms with van der Waals surface area (Å²) in [4.78, 5) is 19.8. The van der Waals surface area contributed by atoms with Crippen LogP contribution in [0.25, 0.3) is 10.9 Å². The predicted molar refractivity (Wildman–Crippen MR) is 96.4 cm³/mol. The van der Waals surface area contributed by atoms with Gasteiger partial charge in [0.15, 0.2) is 11.5 Å². The fourth-order valence-electron chi connectivity index (χ4n) is 2.68. The highest BCUT2D eigenvalue weighted by Crippen LogP contribution is 2.33. The second-order valence-electron chi connectivity index (χ2n) is 5.64. The highest BCUT2D eigenvalue weighted by molar-refractivity contribution is 5.91. The highest BCUT2D eigenvalue weighted by atomic mass is 16.6. The fraction of sp³-hybridized carbons (Fsp3) is 0.167. The first-order valence-electron chi connectivity index (χ1n) is 8.08. The van der Waals surface area contributed by atoms with Gasteiger partial charge in [-0.2, -0.15) is 4.98 Å². The Hall–Kier alpha value is -3.55. The number of rotatable bonds is 5. The number of carboxylic acid groups (broad SMARTS) is 1. The summed E-state index contributed by atoms with van der Waals surface area (Å²) >= 11 is 0. The van der Waals surface area contributed by atoms with Crippen LogP contribution in [0.2, 0.25) is 0 Å². The van der Waals surface area contributed by atoms with Gasteiger partial charge in [0, 0.05) is 17.1 Å². The molecule has 0 saturated heterocycles. The molecule has 1 aromatic heterocycles. The molecule has 1 aliphatic rings. The Morgan fingerprint density at radius 1 is 1.08 bits per heavy atom. The van der Waals surface area contributed by atoms with Crippen molar-refractivity contribution in [1.29, 1.82) is 0 Å². The quantitative estimate of drug-likeness (QED) is 0.643. The molecule has 2 aromatic carbocycles. The first-order valence-corrected chi connectivity index (χ1v) is 8.08. The summed E-state index contributed by atoms with van der Waals surface area (Å²) < 4.78 is 11.1. The van der Waals surface area contributed by atoms with Crippen LogP contribution in [0.5, 0.6) is 11.5 Å². The van der Waals surface area contributed by atoms with E-state index < -0.39 is 5.97 Å². The van der Waals surface area contributed by atoms with E-state index in [0.717, 1.165) is 11.1 Å². The monoisotopic (exact) mass is 352 g/mol. The zero-order valence-corrected chi connectivity index (χ0v) is 13.7. The third-order valence-electron chi connectivity index (χ3n) is 3.81. The molecule has 0 saturated carbocycles. The van der Waals surface area contributed by atoms with Crippen molar-refractivity contribution < 1.29 is 19.4 Å². The van der Waals surface area contributed by atoms with E-state index in [-0.39, 0.29) is 6.54 Å². The van der Waals surface area contributed by atoms with Crippen molar-refractivity contribution in [3.8, 4) is 11.5 Å². The van der Waals surface area contributed by atoms with Crippen molar-refractivity contribution in [2.75, 3.05) is 30.4 Å². The Labute approximate surface area is 148 Å². The van der Waals surface area contributed by atoms with Crippen molar-refractivity contribution in [3.05, 3.63) is 42.5 Å². The van der Waals surface area contributed by atoms with Gasteiger partial charge in [-0.25, -0.2) is 4.98 Å². The Morgan fingerprint density at radius 2 is 1.88 bits per heavy atom. The van der Waals surface area contributed by atoms with Crippen molar-refractivity contribution in [2.45, 2.75) is 0 Å². The molecule has 0 unspecified atom stereocenters. The SMILES string of the molecule is O=C(O)CNc1nc(Nc2ccc3c(c2)OCCO3)nc2ccccc12. The minimum atomic E-state index is -0.964. The van der Waals surface area contributed by atoms with E-state index in [4.69, 9.17) is 14.6 Å². The van der Waals surface area contributed by atoms with Crippen LogP contribution < -0.4 is 20.1 Å². The van der Waals surface area contributed by atoms with Crippen molar-refractivity contribution >= 4 is 34.3 Å². The molecule has 0 amide bonds. The number of aliphatic carboxylic acids is 1. The maximum absolute atomic E-state index is 10.9. The number of hydrogen-bond acceptors (Lipinski definition) is 7. The molecule has 4 rings (SSSR count). The Morgan fingerprint density at radius 3 is 2.73 bits per heavy atom. The Bertz CT molecular complexity index is 977. The molecule has 26 heavy (non-hydrogen) atoms. The van der Waals surface area contributed by atoms with E-state index in [1.54, 1.807) is 0 Å². The maximum atomic E-state index is 10.9. The molecule has 2 heterocycles. The Balaban J connectivity index is 1.66. The average Bonchev–Trinajstić information content (AvgIpc) is 2.66. The van der Waals surface area contributed by atoms with Crippen LogP contribution in [0.15, 0.2) is 42.5 Å². The first kappa shape index (κ1) is 15.9. The van der Waals surface area contributed by atoms with Gasteiger partial charge in [0.1, 0.15) is 25.6 Å². The second kappa shape index (κ2) is 6.75. The van der Waals surface area contributed by atoms with Gasteiger partial charge in [0.2, 0.25) is 5.95 Å². The number of fused-ring (bicyclic) bond motifs is 2. The van der Waals surface area contributed by atoms with Crippen LogP contribution in [-0.2, 0) is 4.79 Å². The number of nitrogens with one attached hydrogen (secondary N) is 2. The molecule has 8 nitrogen and oxygen atoms in total. The smallest absolute Gasteiger partial charge is 0.322 e. The lowest BCUT2D eigenvalue weighted by Gasteiger charge is -2.19. The lowest BCUT2D eigenvalue weighted by molar-refractivity contribution is -0.134. The van der Waals surface area contributed by atoms with E-state index in [2.05, 4.69) is 20.6 Å². The van der Waals surface area contributed by atoms with E-state index in [9.17, 15) is 4.79 Å². The van der Waals surface area contributed by atoms with Gasteiger partial charge in [-0.1, -0.05) is 12.1 Å². The first-order chi connectivity index (χ1) is 12.7. The van der Waals surface area contributed by atoms with Crippen LogP contribution in [0, 0.1) is 0 Å². The van der Waals surface area contributed by atoms with Gasteiger partial charge in [0.05, 0.1) is 5.52 Å². The summed E-state index contributed by atoms with van der Waals surface area (Å²) in [5.74, 6) is 1.21. The van der Waals surface area contributed by atoms with Gasteiger partial charge in [-0.05, 0) is 24.3 Å². The number of ether oxygens (including phenoxy) is 2. The minimum Gasteiger partial charge on any atom is -0.486 e. The molecule has 0 atom stereocenters. The largest absolute Gasteiger partial charge is 0.486 e. The molecule has 8 heteroatoms. The number of hydrogen-bond donors (Lipinski definition) is 3. The summed E-state index contributed by atoms with van der Waals surface area (Å²) in [5.41, 5.74) is 1.45. The summed E-state index contributed by atoms with van der Waals surface area (Å²) in [6, 6.07) is 12.9. The molecule has 1 aliphatic heterocycles. The van der Waals surface area contributed by atoms with Crippen molar-refractivity contribution in [2.24, 2.45) is 0 Å². The van der Waals surface area contributed by atoms with Crippen molar-refractivity contribution in [1.82, 2.24) is 9.97 Å². The Kier molecular flexibility index (Phi) is 4.14. The zero-order chi connectivity index (χ0) is 17.9. The molecule has 0 fully saturated rings. The molecule has 0 radical (unpaired) electrons. The predicted octanol–water partition coefficient (Wildman–Crippen LogP) is 2.64. The average molecular weight is 352 g/mol. The van der Waals surface area contributed by atoms with E-state index in [0.29, 0.717) is 42.0 Å². The normalized spacial score (nSPS) is 12.6. The van der Waals surface area contributed by atoms with Crippen LogP contribution >= 0.6 is 0 Å². The standard InChI is InChI=1S/C18H16N4O4/c23-16(24)10-19-17-12-3-1-2-4-13(12)21-18(22-17)20-11-5-6-14-15(9-11)26-8-7-25-14/h1-6,9H,7-8,10H2,(H,23,24)(H2,19,20,21,22). The summed E-state index contributed by atoms with van der Waals surface area (Å²) in [6.07, 6.45) is 0. The van der Waals surface area contributed by atoms with Crippen LogP contribution in [0.3, 0.4) is 0 Å². The van der Waals surface area contributed by atoms with Crippen LogP contribution in [-0.4, -0.2) is 40.8 Å². The second-order valence-corrected chi connectivity index (χ2v) is 5.64. The third kappa shape index (κ3) is 3.30. The molecular formula is C18H16N4O4. The molecule has 0 spiro atoms. The molecule has 3 N–H and O–H groups in total. The zero-order valence-electron chi connectivity index (χ0n) is 13.7. The number of carboxylic acids is 1. The third-order valence-corrected chi connectivity index (χ3v) is 3.81. The summed E-state index contributed by atoms with van der Waals surface area (Å²) in [6.45, 7) is 0.808. The molecule has 132 valence electrons. The number of para-hydroxylation sites is 1. The lowest BCUT2D eigenvalue weighted by atomic mass is 10.2. The van der Waals surface area contributed by atoms with Gasteiger partial charge >= 0.3 is 5.97 Å². The van der Waals surface area contributed by atoms with Crippen LogP contribution in [0.1, 0.15) is 0 Å². The molecule has 0 bridgehead atoms. The highest BCUT2D eigenvalue weighted by Gasteiger charge is 2.13. The van der Waals surface area contributed by atoms with E-state index in [1.807, 2.05) is 42.5 Å². The topological polar surface area (TPSA) is 106 Å². The minimum absolute atomic E-state index is 0.232. The van der Waals surface area contributed by atoms with Crippen LogP contribution in [0.4, 0.5) is 17.5 Å². The number of carbonyl (C=O) groups is 1. The van der Waals surface area contributed by atoms with Gasteiger partial charge in [0.25, 0.3) is 0 Å². The number of anilines is 3. The lowest BCUT2D eigenvalue weighted by Crippen LogP contribution is -2.15. The fourth-order valence-corrected chi connectivity index (χ4v) is 2.68. The molecule has 0 aliphatic carbocycles. The van der Waals surface area contributed by atoms with Gasteiger partial charge in [-0.15, -0.1) is 0 Å². The number of nitrogens with zero attached hydrogens (tertiary/aromatic N) is 2. The van der Waals surface area contributed by atoms with Crippen molar-refractivity contribution in [3.63, 3.8) is 0 Å². The van der Waals surface area contributed by atoms with Gasteiger partial charge in [-0.3, -0.25) is 4.79 Å². The number of benzene rings is 2. The maximum Gasteiger partial charge on any atom is 0.322 e. The summed E-state index contributed by atoms with van der Waals surface area (Å²) in [5, 5.41) is 15.6. The molecular weight excluding hydrogens is 336 g/mol. The van der Waals surface area contributed by atoms with E-state index in [1.165, 1.54) is 0 Å². The number of aromatic nitrogens is 2. The molecule has 3 aromatic rings. The van der Waals surface area contributed by atoms with E-state index >= 15 is 0 Å². The van der Waals surface area contributed by atoms with Gasteiger partial charge < -0.3 is 25.2 Å².